The molecular formula is C13H14N2O. The number of pyridine rings is 2. The molecule has 0 fully saturated rings. The fourth-order valence-corrected chi connectivity index (χ4v) is 1.56. The fraction of sp³-hybridized carbons (Fsp3) is 0.231. The average Bonchev–Trinajstić information content (AvgIpc) is 2.30. The normalized spacial score (nSPS) is 12.4. The van der Waals surface area contributed by atoms with Gasteiger partial charge in [-0.05, 0) is 36.8 Å². The van der Waals surface area contributed by atoms with Gasteiger partial charge in [0.2, 0.25) is 0 Å². The molecule has 0 aliphatic carbocycles. The van der Waals surface area contributed by atoms with Gasteiger partial charge in [0.25, 0.3) is 0 Å². The number of aliphatic hydroxyl groups is 1. The van der Waals surface area contributed by atoms with Crippen molar-refractivity contribution in [1.29, 1.82) is 0 Å². The van der Waals surface area contributed by atoms with Crippen molar-refractivity contribution in [2.24, 2.45) is 0 Å². The first-order valence-corrected chi connectivity index (χ1v) is 5.26. The van der Waals surface area contributed by atoms with Crippen LogP contribution in [0.5, 0.6) is 0 Å². The minimum absolute atomic E-state index is 0.497. The quantitative estimate of drug-likeness (QED) is 0.850. The molecule has 0 aromatic carbocycles. The van der Waals surface area contributed by atoms with Crippen LogP contribution in [0.3, 0.4) is 0 Å². The van der Waals surface area contributed by atoms with Crippen LogP contribution in [0.2, 0.25) is 0 Å². The summed E-state index contributed by atoms with van der Waals surface area (Å²) in [7, 11) is 0. The molecule has 1 N–H and O–H groups in total. The minimum Gasteiger partial charge on any atom is -0.386 e. The smallest absolute Gasteiger partial charge is 0.101 e. The minimum atomic E-state index is -0.588. The lowest BCUT2D eigenvalue weighted by Crippen LogP contribution is -2.05. The van der Waals surface area contributed by atoms with E-state index in [-0.39, 0.29) is 0 Å². The molecule has 3 nitrogen and oxygen atoms in total. The van der Waals surface area contributed by atoms with E-state index in [4.69, 9.17) is 0 Å². The lowest BCUT2D eigenvalue weighted by molar-refractivity contribution is 0.172. The van der Waals surface area contributed by atoms with Gasteiger partial charge in [-0.3, -0.25) is 9.97 Å². The Morgan fingerprint density at radius 3 is 2.75 bits per heavy atom. The van der Waals surface area contributed by atoms with Crippen molar-refractivity contribution in [3.05, 3.63) is 59.7 Å². The first-order chi connectivity index (χ1) is 7.75. The summed E-state index contributed by atoms with van der Waals surface area (Å²) in [6, 6.07) is 9.49. The van der Waals surface area contributed by atoms with Crippen molar-refractivity contribution >= 4 is 0 Å². The summed E-state index contributed by atoms with van der Waals surface area (Å²) < 4.78 is 0. The van der Waals surface area contributed by atoms with Crippen LogP contribution in [0, 0.1) is 6.92 Å². The van der Waals surface area contributed by atoms with Crippen molar-refractivity contribution in [3.63, 3.8) is 0 Å². The molecule has 0 saturated carbocycles. The van der Waals surface area contributed by atoms with Gasteiger partial charge in [-0.1, -0.05) is 6.07 Å². The fourth-order valence-electron chi connectivity index (χ4n) is 1.56. The molecule has 2 aromatic heterocycles. The van der Waals surface area contributed by atoms with Crippen LogP contribution in [0.1, 0.15) is 23.1 Å². The molecule has 2 heterocycles. The zero-order chi connectivity index (χ0) is 11.4. The molecule has 0 saturated heterocycles. The standard InChI is InChI=1S/C13H14N2O/c1-10-5-7-15-12(8-10)13(16)9-11-4-2-3-6-14-11/h2-8,13,16H,9H2,1H3. The van der Waals surface area contributed by atoms with Gasteiger partial charge in [-0.25, -0.2) is 0 Å². The third kappa shape index (κ3) is 2.64. The molecule has 1 atom stereocenters. The average molecular weight is 214 g/mol. The van der Waals surface area contributed by atoms with Gasteiger partial charge in [0, 0.05) is 24.5 Å². The lowest BCUT2D eigenvalue weighted by Gasteiger charge is -2.09. The Morgan fingerprint density at radius 1 is 1.19 bits per heavy atom. The number of nitrogens with zero attached hydrogens (tertiary/aromatic N) is 2. The summed E-state index contributed by atoms with van der Waals surface area (Å²) in [4.78, 5) is 8.34. The molecule has 16 heavy (non-hydrogen) atoms. The van der Waals surface area contributed by atoms with Gasteiger partial charge in [0.1, 0.15) is 6.10 Å². The molecule has 82 valence electrons. The summed E-state index contributed by atoms with van der Waals surface area (Å²) in [5.74, 6) is 0. The first kappa shape index (κ1) is 10.8. The summed E-state index contributed by atoms with van der Waals surface area (Å²) in [5, 5.41) is 10.00. The molecule has 1 unspecified atom stereocenters. The summed E-state index contributed by atoms with van der Waals surface area (Å²) in [6.07, 6.45) is 3.35. The van der Waals surface area contributed by atoms with Crippen LogP contribution in [0.25, 0.3) is 0 Å². The van der Waals surface area contributed by atoms with Crippen LogP contribution in [0.15, 0.2) is 42.7 Å². The highest BCUT2D eigenvalue weighted by Crippen LogP contribution is 2.15. The largest absolute Gasteiger partial charge is 0.386 e. The Labute approximate surface area is 94.8 Å². The second kappa shape index (κ2) is 4.86. The zero-order valence-electron chi connectivity index (χ0n) is 9.17. The number of aryl methyl sites for hydroxylation is 1. The summed E-state index contributed by atoms with van der Waals surface area (Å²) in [5.41, 5.74) is 2.68. The van der Waals surface area contributed by atoms with E-state index in [1.807, 2.05) is 37.3 Å². The van der Waals surface area contributed by atoms with Gasteiger partial charge >= 0.3 is 0 Å². The van der Waals surface area contributed by atoms with Crippen molar-refractivity contribution in [1.82, 2.24) is 9.97 Å². The van der Waals surface area contributed by atoms with E-state index in [2.05, 4.69) is 9.97 Å². The Hall–Kier alpha value is -1.74. The SMILES string of the molecule is Cc1ccnc(C(O)Cc2ccccn2)c1. The van der Waals surface area contributed by atoms with E-state index < -0.39 is 6.10 Å². The van der Waals surface area contributed by atoms with Gasteiger partial charge in [0.15, 0.2) is 0 Å². The van der Waals surface area contributed by atoms with Crippen molar-refractivity contribution in [3.8, 4) is 0 Å². The van der Waals surface area contributed by atoms with E-state index in [9.17, 15) is 5.11 Å². The Bertz CT molecular complexity index is 456. The molecule has 0 amide bonds. The molecule has 0 aliphatic heterocycles. The predicted molar refractivity (Wildman–Crippen MR) is 61.9 cm³/mol. The second-order valence-corrected chi connectivity index (χ2v) is 3.80. The van der Waals surface area contributed by atoms with Gasteiger partial charge in [0.05, 0.1) is 5.69 Å². The van der Waals surface area contributed by atoms with Crippen LogP contribution in [-0.2, 0) is 6.42 Å². The molecular weight excluding hydrogens is 200 g/mol. The third-order valence-corrected chi connectivity index (χ3v) is 2.41. The maximum atomic E-state index is 10.00. The van der Waals surface area contributed by atoms with Gasteiger partial charge in [-0.2, -0.15) is 0 Å². The number of rotatable bonds is 3. The van der Waals surface area contributed by atoms with Crippen molar-refractivity contribution in [2.45, 2.75) is 19.4 Å². The Morgan fingerprint density at radius 2 is 2.06 bits per heavy atom. The highest BCUT2D eigenvalue weighted by Gasteiger charge is 2.10. The number of aromatic nitrogens is 2. The molecule has 0 aliphatic rings. The Balaban J connectivity index is 2.12. The summed E-state index contributed by atoms with van der Waals surface area (Å²) in [6.45, 7) is 1.98. The molecule has 2 aromatic rings. The maximum absolute atomic E-state index is 10.00. The van der Waals surface area contributed by atoms with E-state index in [0.29, 0.717) is 12.1 Å². The number of hydrogen-bond acceptors (Lipinski definition) is 3. The topological polar surface area (TPSA) is 46.0 Å². The van der Waals surface area contributed by atoms with E-state index >= 15 is 0 Å². The van der Waals surface area contributed by atoms with Crippen LogP contribution in [-0.4, -0.2) is 15.1 Å². The molecule has 2 rings (SSSR count). The van der Waals surface area contributed by atoms with Crippen LogP contribution in [0.4, 0.5) is 0 Å². The van der Waals surface area contributed by atoms with Crippen molar-refractivity contribution in [2.75, 3.05) is 0 Å². The zero-order valence-corrected chi connectivity index (χ0v) is 9.17. The van der Waals surface area contributed by atoms with E-state index in [1.165, 1.54) is 0 Å². The van der Waals surface area contributed by atoms with Gasteiger partial charge < -0.3 is 5.11 Å². The number of aliphatic hydroxyl groups excluding tert-OH is 1. The highest BCUT2D eigenvalue weighted by molar-refractivity contribution is 5.17. The third-order valence-electron chi connectivity index (χ3n) is 2.41. The Kier molecular flexibility index (Phi) is 3.27. The molecule has 0 bridgehead atoms. The molecule has 0 spiro atoms. The second-order valence-electron chi connectivity index (χ2n) is 3.80. The van der Waals surface area contributed by atoms with E-state index in [0.717, 1.165) is 11.3 Å². The number of hydrogen-bond donors (Lipinski definition) is 1. The molecule has 3 heteroatoms. The molecule has 0 radical (unpaired) electrons. The van der Waals surface area contributed by atoms with Crippen LogP contribution >= 0.6 is 0 Å². The first-order valence-electron chi connectivity index (χ1n) is 5.26. The van der Waals surface area contributed by atoms with E-state index in [1.54, 1.807) is 12.4 Å². The lowest BCUT2D eigenvalue weighted by atomic mass is 10.1. The monoisotopic (exact) mass is 214 g/mol. The van der Waals surface area contributed by atoms with Crippen molar-refractivity contribution < 1.29 is 5.11 Å². The van der Waals surface area contributed by atoms with Crippen LogP contribution < -0.4 is 0 Å². The van der Waals surface area contributed by atoms with Gasteiger partial charge in [-0.15, -0.1) is 0 Å². The predicted octanol–water partition coefficient (Wildman–Crippen LogP) is 2.06. The highest BCUT2D eigenvalue weighted by atomic mass is 16.3. The maximum Gasteiger partial charge on any atom is 0.101 e. The summed E-state index contributed by atoms with van der Waals surface area (Å²) >= 11 is 0.